The Kier molecular flexibility index (Phi) is 8.80. The Bertz CT molecular complexity index is 1500. The van der Waals surface area contributed by atoms with Crippen LogP contribution in [0.15, 0.2) is 71.9 Å². The lowest BCUT2D eigenvalue weighted by atomic mass is 10.2. The van der Waals surface area contributed by atoms with E-state index in [4.69, 9.17) is 23.7 Å². The minimum absolute atomic E-state index is 0.257. The number of aliphatic imine (C=N–C) groups is 1. The number of morpholine rings is 1. The molecule has 0 atom stereocenters. The van der Waals surface area contributed by atoms with E-state index in [1.807, 2.05) is 55.5 Å². The van der Waals surface area contributed by atoms with E-state index in [0.717, 1.165) is 48.8 Å². The molecule has 1 aliphatic heterocycles. The second-order valence-electron chi connectivity index (χ2n) is 9.28. The van der Waals surface area contributed by atoms with Crippen molar-refractivity contribution in [2.24, 2.45) is 4.99 Å². The van der Waals surface area contributed by atoms with Gasteiger partial charge in [-0.3, -0.25) is 0 Å². The van der Waals surface area contributed by atoms with Crippen LogP contribution < -0.4 is 29.2 Å². The van der Waals surface area contributed by atoms with Crippen molar-refractivity contribution in [3.63, 3.8) is 0 Å². The van der Waals surface area contributed by atoms with E-state index in [-0.39, 0.29) is 5.88 Å². The normalized spacial score (nSPS) is 13.2. The molecular formula is C31H33N5O5. The third-order valence-corrected chi connectivity index (χ3v) is 6.54. The van der Waals surface area contributed by atoms with Crippen LogP contribution in [0.1, 0.15) is 11.1 Å². The number of aromatic nitrogens is 2. The van der Waals surface area contributed by atoms with Crippen molar-refractivity contribution in [2.45, 2.75) is 6.92 Å². The fourth-order valence-corrected chi connectivity index (χ4v) is 4.33. The maximum absolute atomic E-state index is 6.25. The predicted octanol–water partition coefficient (Wildman–Crippen LogP) is 5.93. The molecule has 0 amide bonds. The molecule has 0 aliphatic carbocycles. The van der Waals surface area contributed by atoms with Crippen LogP contribution in [-0.4, -0.2) is 63.8 Å². The Hall–Kier alpha value is -4.83. The number of nitrogens with one attached hydrogen (secondary N) is 1. The Balaban J connectivity index is 1.45. The molecule has 0 saturated carbocycles. The zero-order valence-corrected chi connectivity index (χ0v) is 23.6. The lowest BCUT2D eigenvalue weighted by molar-refractivity contribution is 0.122. The van der Waals surface area contributed by atoms with Gasteiger partial charge in [0.1, 0.15) is 17.2 Å². The summed E-state index contributed by atoms with van der Waals surface area (Å²) >= 11 is 0. The largest absolute Gasteiger partial charge is 0.497 e. The molecule has 1 aliphatic rings. The van der Waals surface area contributed by atoms with Gasteiger partial charge in [-0.1, -0.05) is 6.07 Å². The van der Waals surface area contributed by atoms with Crippen LogP contribution in [0.4, 0.5) is 23.0 Å². The standard InChI is InChI=1S/C31H33N5O5/c1-21-5-11-28(29(17-21)39-4)41-30-26(32-19-22-18-25(37-2)10-12-27(22)38-3)20-33-31(35-30)34-23-6-8-24(9-7-23)36-13-15-40-16-14-36/h5-12,17-20H,13-16H2,1-4H3,(H,33,34,35). The first-order valence-electron chi connectivity index (χ1n) is 13.2. The molecule has 41 heavy (non-hydrogen) atoms. The number of methoxy groups -OCH3 is 3. The van der Waals surface area contributed by atoms with Crippen molar-refractivity contribution >= 4 is 29.2 Å². The van der Waals surface area contributed by atoms with Gasteiger partial charge in [-0.15, -0.1) is 0 Å². The minimum Gasteiger partial charge on any atom is -0.497 e. The molecule has 1 N–H and O–H groups in total. The van der Waals surface area contributed by atoms with Crippen molar-refractivity contribution in [2.75, 3.05) is 57.8 Å². The van der Waals surface area contributed by atoms with Gasteiger partial charge in [0.05, 0.1) is 40.7 Å². The number of anilines is 3. The maximum Gasteiger partial charge on any atom is 0.250 e. The summed E-state index contributed by atoms with van der Waals surface area (Å²) < 4.78 is 28.1. The third-order valence-electron chi connectivity index (χ3n) is 6.54. The summed E-state index contributed by atoms with van der Waals surface area (Å²) in [4.78, 5) is 16.1. The van der Waals surface area contributed by atoms with Crippen molar-refractivity contribution in [1.29, 1.82) is 0 Å². The second kappa shape index (κ2) is 13.0. The number of hydrogen-bond acceptors (Lipinski definition) is 10. The molecule has 0 bridgehead atoms. The molecular weight excluding hydrogens is 522 g/mol. The maximum atomic E-state index is 6.25. The lowest BCUT2D eigenvalue weighted by Gasteiger charge is -2.28. The van der Waals surface area contributed by atoms with E-state index in [0.29, 0.717) is 34.6 Å². The van der Waals surface area contributed by atoms with E-state index in [9.17, 15) is 0 Å². The van der Waals surface area contributed by atoms with Crippen LogP contribution >= 0.6 is 0 Å². The highest BCUT2D eigenvalue weighted by molar-refractivity contribution is 5.86. The average molecular weight is 556 g/mol. The summed E-state index contributed by atoms with van der Waals surface area (Å²) in [5.41, 5.74) is 4.19. The molecule has 5 rings (SSSR count). The van der Waals surface area contributed by atoms with Gasteiger partial charge in [-0.25, -0.2) is 9.98 Å². The molecule has 4 aromatic rings. The van der Waals surface area contributed by atoms with Gasteiger partial charge in [0.15, 0.2) is 11.5 Å². The van der Waals surface area contributed by atoms with Crippen molar-refractivity contribution in [1.82, 2.24) is 9.97 Å². The Morgan fingerprint density at radius 2 is 1.63 bits per heavy atom. The second-order valence-corrected chi connectivity index (χ2v) is 9.28. The average Bonchev–Trinajstić information content (AvgIpc) is 3.02. The molecule has 212 valence electrons. The topological polar surface area (TPSA) is 99.6 Å². The Morgan fingerprint density at radius 1 is 0.878 bits per heavy atom. The summed E-state index contributed by atoms with van der Waals surface area (Å²) in [5.74, 6) is 3.05. The van der Waals surface area contributed by atoms with E-state index in [1.165, 1.54) is 0 Å². The van der Waals surface area contributed by atoms with Crippen LogP contribution in [0.3, 0.4) is 0 Å². The molecule has 10 heteroatoms. The molecule has 0 unspecified atom stereocenters. The number of rotatable bonds is 10. The highest BCUT2D eigenvalue weighted by Gasteiger charge is 2.15. The molecule has 1 fully saturated rings. The van der Waals surface area contributed by atoms with Gasteiger partial charge in [0.2, 0.25) is 5.95 Å². The number of benzene rings is 3. The fourth-order valence-electron chi connectivity index (χ4n) is 4.33. The van der Waals surface area contributed by atoms with Gasteiger partial charge in [-0.05, 0) is 67.1 Å². The minimum atomic E-state index is 0.257. The van der Waals surface area contributed by atoms with Crippen LogP contribution in [0, 0.1) is 6.92 Å². The summed E-state index contributed by atoms with van der Waals surface area (Å²) in [5, 5.41) is 3.27. The summed E-state index contributed by atoms with van der Waals surface area (Å²) in [6, 6.07) is 19.3. The highest BCUT2D eigenvalue weighted by Crippen LogP contribution is 2.36. The van der Waals surface area contributed by atoms with E-state index < -0.39 is 0 Å². The summed E-state index contributed by atoms with van der Waals surface area (Å²) in [7, 11) is 4.82. The smallest absolute Gasteiger partial charge is 0.250 e. The van der Waals surface area contributed by atoms with Gasteiger partial charge < -0.3 is 33.9 Å². The molecule has 2 heterocycles. The Morgan fingerprint density at radius 3 is 2.37 bits per heavy atom. The number of aryl methyl sites for hydroxylation is 1. The van der Waals surface area contributed by atoms with Crippen molar-refractivity contribution in [3.05, 3.63) is 78.0 Å². The number of nitrogens with zero attached hydrogens (tertiary/aromatic N) is 4. The first kappa shape index (κ1) is 27.7. The van der Waals surface area contributed by atoms with Crippen molar-refractivity contribution < 1.29 is 23.7 Å². The van der Waals surface area contributed by atoms with Gasteiger partial charge in [0.25, 0.3) is 5.88 Å². The highest BCUT2D eigenvalue weighted by atomic mass is 16.5. The van der Waals surface area contributed by atoms with E-state index >= 15 is 0 Å². The molecule has 1 saturated heterocycles. The van der Waals surface area contributed by atoms with Crippen LogP contribution in [-0.2, 0) is 4.74 Å². The fraction of sp³-hybridized carbons (Fsp3) is 0.258. The Labute approximate surface area is 239 Å². The van der Waals surface area contributed by atoms with Gasteiger partial charge in [0, 0.05) is 36.2 Å². The first-order chi connectivity index (χ1) is 20.1. The quantitative estimate of drug-likeness (QED) is 0.239. The van der Waals surface area contributed by atoms with Crippen LogP contribution in [0.25, 0.3) is 0 Å². The van der Waals surface area contributed by atoms with Crippen LogP contribution in [0.2, 0.25) is 0 Å². The number of ether oxygens (including phenoxy) is 5. The van der Waals surface area contributed by atoms with Crippen LogP contribution in [0.5, 0.6) is 28.9 Å². The van der Waals surface area contributed by atoms with Gasteiger partial charge >= 0.3 is 0 Å². The molecule has 10 nitrogen and oxygen atoms in total. The van der Waals surface area contributed by atoms with Crippen molar-refractivity contribution in [3.8, 4) is 28.9 Å². The third kappa shape index (κ3) is 6.85. The number of hydrogen-bond donors (Lipinski definition) is 1. The zero-order chi connectivity index (χ0) is 28.6. The van der Waals surface area contributed by atoms with E-state index in [1.54, 1.807) is 33.7 Å². The summed E-state index contributed by atoms with van der Waals surface area (Å²) in [6.45, 7) is 5.22. The zero-order valence-electron chi connectivity index (χ0n) is 23.6. The monoisotopic (exact) mass is 555 g/mol. The molecule has 0 spiro atoms. The molecule has 3 aromatic carbocycles. The predicted molar refractivity (Wildman–Crippen MR) is 159 cm³/mol. The first-order valence-corrected chi connectivity index (χ1v) is 13.2. The SMILES string of the molecule is COc1ccc(OC)c(C=Nc2cnc(Nc3ccc(N4CCOCC4)cc3)nc2Oc2ccc(C)cc2OC)c1. The summed E-state index contributed by atoms with van der Waals surface area (Å²) in [6.07, 6.45) is 3.27. The molecule has 1 aromatic heterocycles. The molecule has 0 radical (unpaired) electrons. The van der Waals surface area contributed by atoms with E-state index in [2.05, 4.69) is 37.3 Å². The van der Waals surface area contributed by atoms with Gasteiger partial charge in [-0.2, -0.15) is 4.98 Å². The lowest BCUT2D eigenvalue weighted by Crippen LogP contribution is -2.36.